The van der Waals surface area contributed by atoms with Crippen LogP contribution in [-0.4, -0.2) is 37.8 Å². The van der Waals surface area contributed by atoms with Gasteiger partial charge in [0, 0.05) is 24.3 Å². The molecule has 0 unspecified atom stereocenters. The van der Waals surface area contributed by atoms with Crippen LogP contribution in [0.1, 0.15) is 33.1 Å². The Morgan fingerprint density at radius 2 is 2.03 bits per heavy atom. The van der Waals surface area contributed by atoms with Crippen molar-refractivity contribution in [3.8, 4) is 5.75 Å². The van der Waals surface area contributed by atoms with E-state index in [0.29, 0.717) is 35.0 Å². The molecule has 178 valence electrons. The molecule has 1 heterocycles. The number of unbranched alkanes of at least 4 members (excludes halogenated alkanes) is 1. The molecule has 7 nitrogen and oxygen atoms in total. The molecule has 0 bridgehead atoms. The Balaban J connectivity index is 2.17. The summed E-state index contributed by atoms with van der Waals surface area (Å²) >= 11 is 1.45. The highest BCUT2D eigenvalue weighted by Gasteiger charge is 2.33. The molecule has 0 amide bonds. The van der Waals surface area contributed by atoms with Crippen molar-refractivity contribution in [2.24, 2.45) is 0 Å². The van der Waals surface area contributed by atoms with Crippen LogP contribution in [-0.2, 0) is 14.8 Å². The molecule has 3 rings (SSSR count). The van der Waals surface area contributed by atoms with Crippen LogP contribution in [0.25, 0.3) is 0 Å². The van der Waals surface area contributed by atoms with Crippen molar-refractivity contribution in [2.45, 2.75) is 48.9 Å². The minimum absolute atomic E-state index is 0.0185. The average molecular weight is 495 g/mol. The Morgan fingerprint density at radius 1 is 1.30 bits per heavy atom. The number of sulfonamides is 1. The van der Waals surface area contributed by atoms with E-state index in [-0.39, 0.29) is 22.5 Å². The second-order valence-electron chi connectivity index (χ2n) is 7.51. The number of nitrogens with zero attached hydrogens (tertiary/aromatic N) is 1. The summed E-state index contributed by atoms with van der Waals surface area (Å²) in [6.45, 7) is 4.37. The monoisotopic (exact) mass is 494 g/mol. The maximum atomic E-state index is 13.6. The Morgan fingerprint density at radius 3 is 2.67 bits per heavy atom. The number of rotatable bonds is 9. The SMILES string of the molecule is CCCC[C@H]1CN(c2ccc(F)cc2)c2cc(SCC)c(O/C=C/C(=O)O)cc2S(=O)(=O)N1. The van der Waals surface area contributed by atoms with Crippen molar-refractivity contribution in [2.75, 3.05) is 17.2 Å². The lowest BCUT2D eigenvalue weighted by Gasteiger charge is -2.27. The van der Waals surface area contributed by atoms with Crippen LogP contribution >= 0.6 is 11.8 Å². The van der Waals surface area contributed by atoms with Gasteiger partial charge in [0.2, 0.25) is 10.0 Å². The molecular formula is C23H27FN2O5S2. The number of hydrogen-bond acceptors (Lipinski definition) is 6. The first-order valence-corrected chi connectivity index (χ1v) is 13.1. The molecular weight excluding hydrogens is 467 g/mol. The lowest BCUT2D eigenvalue weighted by molar-refractivity contribution is -0.131. The topological polar surface area (TPSA) is 95.9 Å². The van der Waals surface area contributed by atoms with Crippen molar-refractivity contribution >= 4 is 39.1 Å². The number of hydrogen-bond donors (Lipinski definition) is 2. The number of carboxylic acid groups (broad SMARTS) is 1. The third-order valence-corrected chi connectivity index (χ3v) is 7.55. The number of anilines is 2. The summed E-state index contributed by atoms with van der Waals surface area (Å²) in [5.74, 6) is -0.615. The molecule has 2 N–H and O–H groups in total. The van der Waals surface area contributed by atoms with Gasteiger partial charge in [-0.25, -0.2) is 22.3 Å². The van der Waals surface area contributed by atoms with E-state index >= 15 is 0 Å². The molecule has 10 heteroatoms. The molecule has 1 aliphatic rings. The molecule has 0 spiro atoms. The highest BCUT2D eigenvalue weighted by molar-refractivity contribution is 7.99. The van der Waals surface area contributed by atoms with E-state index in [4.69, 9.17) is 9.84 Å². The zero-order valence-corrected chi connectivity index (χ0v) is 20.1. The molecule has 0 fully saturated rings. The number of aliphatic carboxylic acids is 1. The second kappa shape index (κ2) is 11.0. The molecule has 2 aromatic rings. The molecule has 1 aliphatic heterocycles. The molecule has 0 saturated carbocycles. The number of halogens is 1. The molecule has 0 aromatic heterocycles. The van der Waals surface area contributed by atoms with Crippen LogP contribution in [0.4, 0.5) is 15.8 Å². The van der Waals surface area contributed by atoms with Crippen LogP contribution in [0.15, 0.2) is 58.5 Å². The molecule has 33 heavy (non-hydrogen) atoms. The lowest BCUT2D eigenvalue weighted by Crippen LogP contribution is -2.39. The van der Waals surface area contributed by atoms with Gasteiger partial charge in [-0.05, 0) is 42.5 Å². The van der Waals surface area contributed by atoms with Crippen LogP contribution in [0.2, 0.25) is 0 Å². The van der Waals surface area contributed by atoms with Gasteiger partial charge in [0.25, 0.3) is 0 Å². The van der Waals surface area contributed by atoms with Gasteiger partial charge in [0.15, 0.2) is 0 Å². The minimum atomic E-state index is -3.90. The highest BCUT2D eigenvalue weighted by Crippen LogP contribution is 2.42. The maximum absolute atomic E-state index is 13.6. The number of ether oxygens (including phenoxy) is 1. The zero-order chi connectivity index (χ0) is 24.0. The van der Waals surface area contributed by atoms with Gasteiger partial charge >= 0.3 is 5.97 Å². The van der Waals surface area contributed by atoms with E-state index in [1.807, 2.05) is 18.7 Å². The number of carbonyl (C=O) groups is 1. The predicted molar refractivity (Wildman–Crippen MR) is 127 cm³/mol. The zero-order valence-electron chi connectivity index (χ0n) is 18.5. The summed E-state index contributed by atoms with van der Waals surface area (Å²) in [5, 5.41) is 8.85. The summed E-state index contributed by atoms with van der Waals surface area (Å²) in [7, 11) is -3.90. The summed E-state index contributed by atoms with van der Waals surface area (Å²) in [6.07, 6.45) is 4.29. The van der Waals surface area contributed by atoms with Crippen molar-refractivity contribution in [1.82, 2.24) is 4.72 Å². The first kappa shape index (κ1) is 25.1. The molecule has 0 saturated heterocycles. The van der Waals surface area contributed by atoms with E-state index < -0.39 is 16.0 Å². The fraction of sp³-hybridized carbons (Fsp3) is 0.348. The maximum Gasteiger partial charge on any atom is 0.331 e. The van der Waals surface area contributed by atoms with Crippen molar-refractivity contribution in [3.63, 3.8) is 0 Å². The van der Waals surface area contributed by atoms with Crippen LogP contribution in [0, 0.1) is 5.82 Å². The van der Waals surface area contributed by atoms with Gasteiger partial charge in [-0.1, -0.05) is 26.7 Å². The summed E-state index contributed by atoms with van der Waals surface area (Å²) in [5.41, 5.74) is 1.13. The number of thioether (sulfide) groups is 1. The Kier molecular flexibility index (Phi) is 8.39. The fourth-order valence-electron chi connectivity index (χ4n) is 3.59. The van der Waals surface area contributed by atoms with Crippen molar-refractivity contribution in [1.29, 1.82) is 0 Å². The number of nitrogens with one attached hydrogen (secondary N) is 1. The van der Waals surface area contributed by atoms with Gasteiger partial charge in [-0.15, -0.1) is 11.8 Å². The van der Waals surface area contributed by atoms with Gasteiger partial charge in [0.1, 0.15) is 16.5 Å². The standard InChI is InChI=1S/C23H27FN2O5S2/c1-3-5-6-17-15-26(18-9-7-16(24)8-10-18)19-13-21(32-4-2)20(31-12-11-23(27)28)14-22(19)33(29,30)25-17/h7-14,17,25H,3-6,15H2,1-2H3,(H,27,28)/b12-11+/t17-/m0/s1. The Hall–Kier alpha value is -2.56. The van der Waals surface area contributed by atoms with Crippen LogP contribution < -0.4 is 14.4 Å². The Bertz CT molecular complexity index is 1120. The first-order valence-electron chi connectivity index (χ1n) is 10.7. The fourth-order valence-corrected chi connectivity index (χ4v) is 5.81. The second-order valence-corrected chi connectivity index (χ2v) is 10.5. The summed E-state index contributed by atoms with van der Waals surface area (Å²) in [4.78, 5) is 13.4. The minimum Gasteiger partial charge on any atom is -0.478 e. The number of carboxylic acids is 1. The number of fused-ring (bicyclic) bond motifs is 1. The quantitative estimate of drug-likeness (QED) is 0.291. The normalized spacial score (nSPS) is 17.5. The van der Waals surface area contributed by atoms with E-state index in [1.54, 1.807) is 18.2 Å². The lowest BCUT2D eigenvalue weighted by atomic mass is 10.1. The highest BCUT2D eigenvalue weighted by atomic mass is 32.2. The summed E-state index contributed by atoms with van der Waals surface area (Å²) < 4.78 is 48.6. The molecule has 0 radical (unpaired) electrons. The third-order valence-electron chi connectivity index (χ3n) is 5.08. The Labute approximate surface area is 197 Å². The predicted octanol–water partition coefficient (Wildman–Crippen LogP) is 4.90. The first-order chi connectivity index (χ1) is 15.7. The average Bonchev–Trinajstić information content (AvgIpc) is 2.86. The van der Waals surface area contributed by atoms with Gasteiger partial charge in [0.05, 0.1) is 22.9 Å². The van der Waals surface area contributed by atoms with Crippen LogP contribution in [0.3, 0.4) is 0 Å². The largest absolute Gasteiger partial charge is 0.478 e. The van der Waals surface area contributed by atoms with E-state index in [2.05, 4.69) is 4.72 Å². The van der Waals surface area contributed by atoms with Gasteiger partial charge in [-0.3, -0.25) is 0 Å². The third kappa shape index (κ3) is 6.27. The van der Waals surface area contributed by atoms with Crippen LogP contribution in [0.5, 0.6) is 5.75 Å². The summed E-state index contributed by atoms with van der Waals surface area (Å²) in [6, 6.07) is 8.75. The number of benzene rings is 2. The van der Waals surface area contributed by atoms with Crippen molar-refractivity contribution < 1.29 is 27.4 Å². The van der Waals surface area contributed by atoms with E-state index in [9.17, 15) is 17.6 Å². The van der Waals surface area contributed by atoms with Crippen molar-refractivity contribution in [3.05, 3.63) is 54.6 Å². The van der Waals surface area contributed by atoms with Gasteiger partial charge < -0.3 is 14.7 Å². The molecule has 1 atom stereocenters. The molecule has 0 aliphatic carbocycles. The van der Waals surface area contributed by atoms with Gasteiger partial charge in [-0.2, -0.15) is 0 Å². The van der Waals surface area contributed by atoms with E-state index in [1.165, 1.54) is 30.0 Å². The smallest absolute Gasteiger partial charge is 0.331 e. The molecule has 2 aromatic carbocycles. The van der Waals surface area contributed by atoms with E-state index in [0.717, 1.165) is 25.2 Å².